The second-order valence-electron chi connectivity index (χ2n) is 5.14. The van der Waals surface area contributed by atoms with Crippen molar-refractivity contribution in [3.8, 4) is 16.5 Å². The molecule has 0 bridgehead atoms. The van der Waals surface area contributed by atoms with Gasteiger partial charge in [0.05, 0.1) is 30.1 Å². The van der Waals surface area contributed by atoms with Gasteiger partial charge in [-0.15, -0.1) is 16.4 Å². The number of rotatable bonds is 4. The first kappa shape index (κ1) is 13.9. The Hall–Kier alpha value is -2.73. The van der Waals surface area contributed by atoms with E-state index in [-0.39, 0.29) is 0 Å². The third-order valence-corrected chi connectivity index (χ3v) is 4.58. The molecule has 0 amide bonds. The lowest BCUT2D eigenvalue weighted by Crippen LogP contribution is -1.99. The number of fused-ring (bicyclic) bond motifs is 1. The molecule has 4 aromatic rings. The molecule has 0 N–H and O–H groups in total. The van der Waals surface area contributed by atoms with Crippen molar-refractivity contribution in [2.75, 3.05) is 7.11 Å². The first-order chi connectivity index (χ1) is 11.3. The van der Waals surface area contributed by atoms with E-state index >= 15 is 0 Å². The van der Waals surface area contributed by atoms with Crippen LogP contribution in [0.4, 0.5) is 0 Å². The highest BCUT2D eigenvalue weighted by atomic mass is 32.1. The molecule has 0 saturated carbocycles. The van der Waals surface area contributed by atoms with Crippen molar-refractivity contribution in [3.05, 3.63) is 60.3 Å². The zero-order chi connectivity index (χ0) is 15.6. The minimum absolute atomic E-state index is 0.701. The molecule has 0 atom stereocenters. The number of nitrogens with zero attached hydrogens (tertiary/aromatic N) is 4. The first-order valence-electron chi connectivity index (χ1n) is 7.21. The second kappa shape index (κ2) is 5.81. The molecule has 4 rings (SSSR count). The van der Waals surface area contributed by atoms with Gasteiger partial charge in [0.25, 0.3) is 0 Å². The van der Waals surface area contributed by atoms with Gasteiger partial charge >= 0.3 is 0 Å². The Morgan fingerprint density at radius 3 is 2.83 bits per heavy atom. The summed E-state index contributed by atoms with van der Waals surface area (Å²) >= 11 is 1.59. The summed E-state index contributed by atoms with van der Waals surface area (Å²) in [6, 6.07) is 16.1. The van der Waals surface area contributed by atoms with Crippen LogP contribution < -0.4 is 4.74 Å². The molecule has 2 aromatic carbocycles. The van der Waals surface area contributed by atoms with Crippen molar-refractivity contribution in [2.45, 2.75) is 6.54 Å². The van der Waals surface area contributed by atoms with E-state index in [1.54, 1.807) is 18.4 Å². The van der Waals surface area contributed by atoms with Gasteiger partial charge in [-0.3, -0.25) is 0 Å². The highest BCUT2D eigenvalue weighted by Gasteiger charge is 2.11. The van der Waals surface area contributed by atoms with E-state index < -0.39 is 0 Å². The topological polar surface area (TPSA) is 52.8 Å². The predicted molar refractivity (Wildman–Crippen MR) is 90.7 cm³/mol. The van der Waals surface area contributed by atoms with Crippen LogP contribution in [0.1, 0.15) is 5.56 Å². The molecule has 0 radical (unpaired) electrons. The molecule has 2 aromatic heterocycles. The molecule has 6 heteroatoms. The molecular formula is C17H14N4OS. The van der Waals surface area contributed by atoms with Crippen molar-refractivity contribution in [1.82, 2.24) is 20.0 Å². The number of thiazole rings is 1. The number of hydrogen-bond donors (Lipinski definition) is 0. The molecule has 2 heterocycles. The van der Waals surface area contributed by atoms with Crippen molar-refractivity contribution >= 4 is 21.6 Å². The van der Waals surface area contributed by atoms with E-state index in [4.69, 9.17) is 4.74 Å². The summed E-state index contributed by atoms with van der Waals surface area (Å²) in [6.07, 6.45) is 1.93. The Balaban J connectivity index is 1.63. The van der Waals surface area contributed by atoms with Crippen LogP contribution in [0.5, 0.6) is 5.75 Å². The Bertz CT molecular complexity index is 946. The molecule has 0 fully saturated rings. The summed E-state index contributed by atoms with van der Waals surface area (Å²) in [4.78, 5) is 4.63. The number of hydrogen-bond acceptors (Lipinski definition) is 5. The number of methoxy groups -OCH3 is 1. The maximum atomic E-state index is 5.25. The summed E-state index contributed by atoms with van der Waals surface area (Å²) in [6.45, 7) is 0.701. The lowest BCUT2D eigenvalue weighted by atomic mass is 10.2. The predicted octanol–water partition coefficient (Wildman–Crippen LogP) is 3.61. The Kier molecular flexibility index (Phi) is 3.51. The maximum absolute atomic E-state index is 5.25. The fourth-order valence-corrected chi connectivity index (χ4v) is 3.33. The van der Waals surface area contributed by atoms with Crippen molar-refractivity contribution in [3.63, 3.8) is 0 Å². The molecule has 0 spiro atoms. The molecule has 0 aliphatic carbocycles. The summed E-state index contributed by atoms with van der Waals surface area (Å²) in [5, 5.41) is 9.32. The van der Waals surface area contributed by atoms with Gasteiger partial charge in [-0.1, -0.05) is 35.5 Å². The van der Waals surface area contributed by atoms with Gasteiger partial charge in [-0.2, -0.15) is 0 Å². The lowest BCUT2D eigenvalue weighted by molar-refractivity contribution is 0.415. The van der Waals surface area contributed by atoms with Gasteiger partial charge in [0.2, 0.25) is 0 Å². The summed E-state index contributed by atoms with van der Waals surface area (Å²) in [5.74, 6) is 0.834. The van der Waals surface area contributed by atoms with Crippen LogP contribution >= 0.6 is 11.3 Å². The van der Waals surface area contributed by atoms with E-state index in [9.17, 15) is 0 Å². The molecule has 0 aliphatic heterocycles. The third-order valence-electron chi connectivity index (χ3n) is 3.54. The van der Waals surface area contributed by atoms with Crippen LogP contribution in [0.3, 0.4) is 0 Å². The highest BCUT2D eigenvalue weighted by Crippen LogP contribution is 2.31. The zero-order valence-electron chi connectivity index (χ0n) is 12.5. The lowest BCUT2D eigenvalue weighted by Gasteiger charge is -1.98. The molecule has 23 heavy (non-hydrogen) atoms. The minimum Gasteiger partial charge on any atom is -0.497 e. The van der Waals surface area contributed by atoms with Crippen LogP contribution in [0.2, 0.25) is 0 Å². The normalized spacial score (nSPS) is 11.0. The monoisotopic (exact) mass is 322 g/mol. The van der Waals surface area contributed by atoms with Crippen LogP contribution in [-0.2, 0) is 6.54 Å². The van der Waals surface area contributed by atoms with E-state index in [2.05, 4.69) is 27.4 Å². The van der Waals surface area contributed by atoms with E-state index in [0.29, 0.717) is 6.54 Å². The fourth-order valence-electron chi connectivity index (χ4n) is 2.39. The average molecular weight is 322 g/mol. The molecular weight excluding hydrogens is 308 g/mol. The molecule has 0 saturated heterocycles. The Morgan fingerprint density at radius 1 is 1.13 bits per heavy atom. The number of aromatic nitrogens is 4. The van der Waals surface area contributed by atoms with Crippen molar-refractivity contribution < 1.29 is 4.74 Å². The maximum Gasteiger partial charge on any atom is 0.146 e. The first-order valence-corrected chi connectivity index (χ1v) is 8.02. The van der Waals surface area contributed by atoms with Crippen LogP contribution in [0.15, 0.2) is 54.7 Å². The highest BCUT2D eigenvalue weighted by molar-refractivity contribution is 7.21. The van der Waals surface area contributed by atoms with Gasteiger partial charge in [0.1, 0.15) is 16.5 Å². The molecule has 114 valence electrons. The van der Waals surface area contributed by atoms with E-state index in [1.807, 2.05) is 47.3 Å². The van der Waals surface area contributed by atoms with Crippen LogP contribution in [0.25, 0.3) is 20.9 Å². The standard InChI is InChI=1S/C17H14N4OS/c1-22-13-7-8-14-16(9-13)23-17(18-14)15-11-21(20-19-15)10-12-5-3-2-4-6-12/h2-9,11H,10H2,1H3. The van der Waals surface area contributed by atoms with Gasteiger partial charge < -0.3 is 4.74 Å². The van der Waals surface area contributed by atoms with Crippen LogP contribution in [0, 0.1) is 0 Å². The SMILES string of the molecule is COc1ccc2nc(-c3cn(Cc4ccccc4)nn3)sc2c1. The van der Waals surface area contributed by atoms with E-state index in [1.165, 1.54) is 5.56 Å². The average Bonchev–Trinajstić information content (AvgIpc) is 3.21. The summed E-state index contributed by atoms with van der Waals surface area (Å²) in [7, 11) is 1.66. The fraction of sp³-hybridized carbons (Fsp3) is 0.118. The van der Waals surface area contributed by atoms with Gasteiger partial charge in [0, 0.05) is 0 Å². The van der Waals surface area contributed by atoms with Crippen molar-refractivity contribution in [1.29, 1.82) is 0 Å². The molecule has 0 aliphatic rings. The Morgan fingerprint density at radius 2 is 2.00 bits per heavy atom. The van der Waals surface area contributed by atoms with Gasteiger partial charge in [0.15, 0.2) is 0 Å². The van der Waals surface area contributed by atoms with Crippen molar-refractivity contribution in [2.24, 2.45) is 0 Å². The summed E-state index contributed by atoms with van der Waals surface area (Å²) in [5.41, 5.74) is 2.93. The second-order valence-corrected chi connectivity index (χ2v) is 6.17. The largest absolute Gasteiger partial charge is 0.497 e. The van der Waals surface area contributed by atoms with Gasteiger partial charge in [-0.25, -0.2) is 9.67 Å². The smallest absolute Gasteiger partial charge is 0.146 e. The van der Waals surface area contributed by atoms with Crippen LogP contribution in [-0.4, -0.2) is 27.1 Å². The molecule has 5 nitrogen and oxygen atoms in total. The summed E-state index contributed by atoms with van der Waals surface area (Å²) < 4.78 is 8.17. The minimum atomic E-state index is 0.701. The third kappa shape index (κ3) is 2.80. The quantitative estimate of drug-likeness (QED) is 0.576. The van der Waals surface area contributed by atoms with E-state index in [0.717, 1.165) is 26.7 Å². The zero-order valence-corrected chi connectivity index (χ0v) is 13.3. The Labute approximate surface area is 137 Å². The molecule has 0 unspecified atom stereocenters. The number of benzene rings is 2. The van der Waals surface area contributed by atoms with Gasteiger partial charge in [-0.05, 0) is 23.8 Å². The number of ether oxygens (including phenoxy) is 1.